The van der Waals surface area contributed by atoms with Gasteiger partial charge in [0.2, 0.25) is 0 Å². The van der Waals surface area contributed by atoms with Crippen LogP contribution in [0.1, 0.15) is 61.8 Å². The van der Waals surface area contributed by atoms with E-state index in [0.717, 1.165) is 19.4 Å². The van der Waals surface area contributed by atoms with Crippen LogP contribution in [0.4, 0.5) is 0 Å². The van der Waals surface area contributed by atoms with Crippen molar-refractivity contribution in [3.05, 3.63) is 34.9 Å². The van der Waals surface area contributed by atoms with Crippen molar-refractivity contribution in [3.8, 4) is 0 Å². The second-order valence-corrected chi connectivity index (χ2v) is 6.00. The maximum absolute atomic E-state index is 6.21. The van der Waals surface area contributed by atoms with E-state index in [1.807, 2.05) is 0 Å². The topological polar surface area (TPSA) is 47.3 Å². The van der Waals surface area contributed by atoms with Crippen molar-refractivity contribution in [1.82, 2.24) is 5.43 Å². The van der Waals surface area contributed by atoms with Gasteiger partial charge in [-0.1, -0.05) is 37.5 Å². The van der Waals surface area contributed by atoms with E-state index in [9.17, 15) is 0 Å². The predicted molar refractivity (Wildman–Crippen MR) is 83.4 cm³/mol. The Labute approximate surface area is 122 Å². The van der Waals surface area contributed by atoms with Gasteiger partial charge in [0.25, 0.3) is 0 Å². The molecule has 0 aliphatic heterocycles. The highest BCUT2D eigenvalue weighted by Gasteiger charge is 2.41. The zero-order valence-electron chi connectivity index (χ0n) is 13.0. The molecule has 0 amide bonds. The summed E-state index contributed by atoms with van der Waals surface area (Å²) in [6, 6.07) is 6.68. The molecule has 1 unspecified atom stereocenters. The quantitative estimate of drug-likeness (QED) is 0.638. The molecule has 1 atom stereocenters. The van der Waals surface area contributed by atoms with Gasteiger partial charge in [-0.25, -0.2) is 0 Å². The standard InChI is InChI=1S/C17H28N2O/c1-4-20-17(10-6-5-7-11-17)16(19-18)15-9-8-13(2)14(3)12-15/h8-9,12,16,19H,4-7,10-11,18H2,1-3H3. The first-order valence-electron chi connectivity index (χ1n) is 7.80. The molecule has 0 aromatic heterocycles. The fourth-order valence-electron chi connectivity index (χ4n) is 3.45. The molecule has 1 aromatic carbocycles. The number of hydrogen-bond donors (Lipinski definition) is 2. The van der Waals surface area contributed by atoms with Crippen LogP contribution in [0, 0.1) is 13.8 Å². The summed E-state index contributed by atoms with van der Waals surface area (Å²) in [6.07, 6.45) is 5.93. The van der Waals surface area contributed by atoms with E-state index in [0.29, 0.717) is 0 Å². The van der Waals surface area contributed by atoms with Gasteiger partial charge < -0.3 is 4.74 Å². The minimum Gasteiger partial charge on any atom is -0.373 e. The average molecular weight is 276 g/mol. The van der Waals surface area contributed by atoms with Crippen molar-refractivity contribution in [2.75, 3.05) is 6.61 Å². The Morgan fingerprint density at radius 2 is 1.90 bits per heavy atom. The summed E-state index contributed by atoms with van der Waals surface area (Å²) in [4.78, 5) is 0. The third-order valence-corrected chi connectivity index (χ3v) is 4.69. The molecular formula is C17H28N2O. The number of benzene rings is 1. The fraction of sp³-hybridized carbons (Fsp3) is 0.647. The third-order valence-electron chi connectivity index (χ3n) is 4.69. The molecule has 1 aromatic rings. The van der Waals surface area contributed by atoms with Gasteiger partial charge >= 0.3 is 0 Å². The zero-order valence-corrected chi connectivity index (χ0v) is 13.0. The number of hydrogen-bond acceptors (Lipinski definition) is 3. The van der Waals surface area contributed by atoms with Gasteiger partial charge in [0, 0.05) is 6.61 Å². The summed E-state index contributed by atoms with van der Waals surface area (Å²) in [5, 5.41) is 0. The predicted octanol–water partition coefficient (Wildman–Crippen LogP) is 3.55. The number of rotatable bonds is 5. The van der Waals surface area contributed by atoms with Gasteiger partial charge in [-0.2, -0.15) is 0 Å². The van der Waals surface area contributed by atoms with Crippen LogP contribution in [-0.4, -0.2) is 12.2 Å². The molecule has 1 fully saturated rings. The molecule has 20 heavy (non-hydrogen) atoms. The van der Waals surface area contributed by atoms with E-state index in [-0.39, 0.29) is 11.6 Å². The first-order valence-corrected chi connectivity index (χ1v) is 7.80. The maximum atomic E-state index is 6.21. The fourth-order valence-corrected chi connectivity index (χ4v) is 3.45. The van der Waals surface area contributed by atoms with E-state index in [2.05, 4.69) is 44.4 Å². The molecule has 1 aliphatic rings. The van der Waals surface area contributed by atoms with Crippen molar-refractivity contribution in [2.45, 2.75) is 64.5 Å². The van der Waals surface area contributed by atoms with Crippen molar-refractivity contribution in [1.29, 1.82) is 0 Å². The van der Waals surface area contributed by atoms with Crippen LogP contribution in [0.25, 0.3) is 0 Å². The molecule has 3 nitrogen and oxygen atoms in total. The van der Waals surface area contributed by atoms with Crippen LogP contribution >= 0.6 is 0 Å². The summed E-state index contributed by atoms with van der Waals surface area (Å²) in [6.45, 7) is 7.11. The van der Waals surface area contributed by atoms with Gasteiger partial charge in [-0.15, -0.1) is 0 Å². The largest absolute Gasteiger partial charge is 0.373 e. The highest BCUT2D eigenvalue weighted by molar-refractivity contribution is 5.33. The summed E-state index contributed by atoms with van der Waals surface area (Å²) < 4.78 is 6.21. The number of hydrazine groups is 1. The van der Waals surface area contributed by atoms with Gasteiger partial charge in [0.05, 0.1) is 11.6 Å². The lowest BCUT2D eigenvalue weighted by molar-refractivity contribution is -0.0913. The van der Waals surface area contributed by atoms with Gasteiger partial charge in [0.15, 0.2) is 0 Å². The van der Waals surface area contributed by atoms with Crippen molar-refractivity contribution in [2.24, 2.45) is 5.84 Å². The number of aryl methyl sites for hydroxylation is 2. The third kappa shape index (κ3) is 3.05. The first kappa shape index (κ1) is 15.5. The Kier molecular flexibility index (Phi) is 5.19. The molecule has 0 radical (unpaired) electrons. The Bertz CT molecular complexity index is 433. The molecule has 3 heteroatoms. The van der Waals surface area contributed by atoms with Gasteiger partial charge in [-0.05, 0) is 50.3 Å². The highest BCUT2D eigenvalue weighted by atomic mass is 16.5. The van der Waals surface area contributed by atoms with E-state index in [1.165, 1.54) is 36.0 Å². The minimum atomic E-state index is -0.149. The Morgan fingerprint density at radius 1 is 1.20 bits per heavy atom. The van der Waals surface area contributed by atoms with Crippen LogP contribution in [0.2, 0.25) is 0 Å². The molecule has 112 valence electrons. The zero-order chi connectivity index (χ0) is 14.6. The summed E-state index contributed by atoms with van der Waals surface area (Å²) in [5.74, 6) is 5.91. The number of nitrogens with one attached hydrogen (secondary N) is 1. The molecule has 0 heterocycles. The second-order valence-electron chi connectivity index (χ2n) is 6.00. The van der Waals surface area contributed by atoms with E-state index >= 15 is 0 Å². The summed E-state index contributed by atoms with van der Waals surface area (Å²) >= 11 is 0. The first-order chi connectivity index (χ1) is 9.63. The van der Waals surface area contributed by atoms with Crippen LogP contribution in [-0.2, 0) is 4.74 Å². The van der Waals surface area contributed by atoms with Crippen molar-refractivity contribution in [3.63, 3.8) is 0 Å². The molecule has 1 saturated carbocycles. The minimum absolute atomic E-state index is 0.0713. The second kappa shape index (κ2) is 6.70. The lowest BCUT2D eigenvalue weighted by Crippen LogP contribution is -2.49. The van der Waals surface area contributed by atoms with E-state index in [4.69, 9.17) is 10.6 Å². The molecule has 0 bridgehead atoms. The molecule has 0 saturated heterocycles. The molecule has 3 N–H and O–H groups in total. The SMILES string of the molecule is CCOC1(C(NN)c2ccc(C)c(C)c2)CCCCC1. The number of nitrogens with two attached hydrogens (primary N) is 1. The van der Waals surface area contributed by atoms with Crippen LogP contribution < -0.4 is 11.3 Å². The summed E-state index contributed by atoms with van der Waals surface area (Å²) in [7, 11) is 0. The van der Waals surface area contributed by atoms with Crippen LogP contribution in [0.15, 0.2) is 18.2 Å². The molecule has 1 aliphatic carbocycles. The van der Waals surface area contributed by atoms with Crippen molar-refractivity contribution < 1.29 is 4.74 Å². The smallest absolute Gasteiger partial charge is 0.0889 e. The average Bonchev–Trinajstić information content (AvgIpc) is 2.45. The lowest BCUT2D eigenvalue weighted by Gasteiger charge is -2.43. The summed E-state index contributed by atoms with van der Waals surface area (Å²) in [5.41, 5.74) is 6.76. The molecule has 0 spiro atoms. The molecular weight excluding hydrogens is 248 g/mol. The Hall–Kier alpha value is -0.900. The molecule has 2 rings (SSSR count). The Balaban J connectivity index is 2.34. The van der Waals surface area contributed by atoms with Gasteiger partial charge in [0.1, 0.15) is 0 Å². The van der Waals surface area contributed by atoms with Crippen LogP contribution in [0.3, 0.4) is 0 Å². The van der Waals surface area contributed by atoms with Crippen molar-refractivity contribution >= 4 is 0 Å². The van der Waals surface area contributed by atoms with E-state index in [1.54, 1.807) is 0 Å². The van der Waals surface area contributed by atoms with E-state index < -0.39 is 0 Å². The highest BCUT2D eigenvalue weighted by Crippen LogP contribution is 2.41. The lowest BCUT2D eigenvalue weighted by atomic mass is 9.76. The monoisotopic (exact) mass is 276 g/mol. The Morgan fingerprint density at radius 3 is 2.45 bits per heavy atom. The normalized spacial score (nSPS) is 19.8. The van der Waals surface area contributed by atoms with Crippen LogP contribution in [0.5, 0.6) is 0 Å². The maximum Gasteiger partial charge on any atom is 0.0889 e. The number of ether oxygens (including phenoxy) is 1. The van der Waals surface area contributed by atoms with Gasteiger partial charge in [-0.3, -0.25) is 11.3 Å².